The van der Waals surface area contributed by atoms with Gasteiger partial charge in [-0.2, -0.15) is 5.10 Å². The van der Waals surface area contributed by atoms with Gasteiger partial charge in [0.25, 0.3) is 0 Å². The van der Waals surface area contributed by atoms with E-state index in [0.717, 1.165) is 50.6 Å². The van der Waals surface area contributed by atoms with Crippen molar-refractivity contribution in [3.8, 4) is 16.3 Å². The third kappa shape index (κ3) is 4.60. The van der Waals surface area contributed by atoms with Crippen molar-refractivity contribution in [1.82, 2.24) is 14.8 Å². The van der Waals surface area contributed by atoms with E-state index in [1.165, 1.54) is 11.3 Å². The number of carbonyl (C=O) groups is 1. The van der Waals surface area contributed by atoms with E-state index in [4.69, 9.17) is 14.5 Å². The molecule has 4 rings (SSSR count). The molecule has 2 aromatic carbocycles. The molecule has 4 aromatic rings. The number of fused-ring (bicyclic) bond motifs is 1. The zero-order valence-electron chi connectivity index (χ0n) is 18.6. The molecule has 7 nitrogen and oxygen atoms in total. The summed E-state index contributed by atoms with van der Waals surface area (Å²) >= 11 is 1.42. The lowest BCUT2D eigenvalue weighted by Crippen LogP contribution is -2.13. The number of methoxy groups -OCH3 is 1. The molecule has 166 valence electrons. The normalized spacial score (nSPS) is 11.0. The molecule has 1 N–H and O–H groups in total. The summed E-state index contributed by atoms with van der Waals surface area (Å²) in [5.74, 6) is 0.761. The summed E-state index contributed by atoms with van der Waals surface area (Å²) < 4.78 is 12.9. The zero-order chi connectivity index (χ0) is 22.7. The number of anilines is 1. The second-order valence-corrected chi connectivity index (χ2v) is 8.43. The van der Waals surface area contributed by atoms with E-state index in [0.29, 0.717) is 11.4 Å². The molecule has 0 aliphatic carbocycles. The number of nitrogens with one attached hydrogen (secondary N) is 1. The van der Waals surface area contributed by atoms with Gasteiger partial charge in [-0.1, -0.05) is 30.4 Å². The SMILES string of the molecule is CCc1nc(-c2ccc(C)cc2OC)sc1NC(=O)OCc1ccc2nn(CC)cc2c1. The molecule has 0 atom stereocenters. The molecule has 2 heterocycles. The average molecular weight is 451 g/mol. The van der Waals surface area contributed by atoms with Crippen LogP contribution >= 0.6 is 11.3 Å². The molecule has 0 saturated carbocycles. The number of aromatic nitrogens is 3. The Hall–Kier alpha value is -3.39. The third-order valence-electron chi connectivity index (χ3n) is 5.15. The highest BCUT2D eigenvalue weighted by Crippen LogP contribution is 2.37. The van der Waals surface area contributed by atoms with Crippen LogP contribution in [0.4, 0.5) is 9.80 Å². The van der Waals surface area contributed by atoms with Crippen LogP contribution in [-0.2, 0) is 24.3 Å². The van der Waals surface area contributed by atoms with Crippen LogP contribution in [0.25, 0.3) is 21.5 Å². The number of thiazole rings is 1. The van der Waals surface area contributed by atoms with Crippen LogP contribution in [0.2, 0.25) is 0 Å². The van der Waals surface area contributed by atoms with E-state index in [9.17, 15) is 4.79 Å². The molecule has 8 heteroatoms. The van der Waals surface area contributed by atoms with Gasteiger partial charge in [0.05, 0.1) is 23.9 Å². The number of carbonyl (C=O) groups excluding carboxylic acids is 1. The number of aryl methyl sites for hydroxylation is 3. The average Bonchev–Trinajstić information content (AvgIpc) is 3.40. The lowest BCUT2D eigenvalue weighted by Gasteiger charge is -2.07. The molecule has 0 radical (unpaired) electrons. The Kier molecular flexibility index (Phi) is 6.41. The fourth-order valence-electron chi connectivity index (χ4n) is 3.44. The number of benzene rings is 2. The fourth-order valence-corrected chi connectivity index (χ4v) is 4.50. The molecule has 0 unspecified atom stereocenters. The molecule has 0 spiro atoms. The molecule has 2 aromatic heterocycles. The van der Waals surface area contributed by atoms with Gasteiger partial charge in [0.15, 0.2) is 0 Å². The quantitative estimate of drug-likeness (QED) is 0.384. The number of hydrogen-bond acceptors (Lipinski definition) is 6. The van der Waals surface area contributed by atoms with Gasteiger partial charge in [-0.05, 0) is 55.7 Å². The molecule has 0 saturated heterocycles. The summed E-state index contributed by atoms with van der Waals surface area (Å²) in [5, 5.41) is 9.84. The van der Waals surface area contributed by atoms with Crippen molar-refractivity contribution in [2.24, 2.45) is 0 Å². The van der Waals surface area contributed by atoms with Gasteiger partial charge >= 0.3 is 6.09 Å². The predicted octanol–water partition coefficient (Wildman–Crippen LogP) is 5.81. The molecule has 0 aliphatic rings. The Morgan fingerprint density at radius 3 is 2.78 bits per heavy atom. The summed E-state index contributed by atoms with van der Waals surface area (Å²) in [5.41, 5.74) is 4.67. The highest BCUT2D eigenvalue weighted by atomic mass is 32.1. The van der Waals surface area contributed by atoms with Crippen molar-refractivity contribution in [3.63, 3.8) is 0 Å². The van der Waals surface area contributed by atoms with Gasteiger partial charge < -0.3 is 9.47 Å². The second-order valence-electron chi connectivity index (χ2n) is 7.43. The van der Waals surface area contributed by atoms with Crippen LogP contribution in [-0.4, -0.2) is 28.0 Å². The Morgan fingerprint density at radius 1 is 1.19 bits per heavy atom. The van der Waals surface area contributed by atoms with Crippen LogP contribution in [0.5, 0.6) is 5.75 Å². The van der Waals surface area contributed by atoms with Crippen LogP contribution < -0.4 is 10.1 Å². The maximum atomic E-state index is 12.5. The first-order chi connectivity index (χ1) is 15.5. The Bertz CT molecular complexity index is 1260. The fraction of sp³-hybridized carbons (Fsp3) is 0.292. The first-order valence-corrected chi connectivity index (χ1v) is 11.4. The molecule has 0 aliphatic heterocycles. The number of ether oxygens (including phenoxy) is 2. The Labute approximate surface area is 191 Å². The maximum absolute atomic E-state index is 12.5. The van der Waals surface area contributed by atoms with Crippen LogP contribution in [0.3, 0.4) is 0 Å². The lowest BCUT2D eigenvalue weighted by atomic mass is 10.1. The Balaban J connectivity index is 1.46. The zero-order valence-corrected chi connectivity index (χ0v) is 19.5. The van der Waals surface area contributed by atoms with E-state index in [1.807, 2.05) is 68.0 Å². The number of amides is 1. The van der Waals surface area contributed by atoms with Gasteiger partial charge in [0.1, 0.15) is 22.4 Å². The molecule has 32 heavy (non-hydrogen) atoms. The van der Waals surface area contributed by atoms with Gasteiger partial charge in [-0.25, -0.2) is 9.78 Å². The number of rotatable bonds is 7. The van der Waals surface area contributed by atoms with Gasteiger partial charge in [0, 0.05) is 18.1 Å². The first kappa shape index (κ1) is 21.8. The highest BCUT2D eigenvalue weighted by Gasteiger charge is 2.17. The van der Waals surface area contributed by atoms with Crippen LogP contribution in [0.1, 0.15) is 30.7 Å². The standard InChI is InChI=1S/C24H26N4O3S/c1-5-19-23(32-22(25-19)18-9-7-15(3)11-21(18)30-4)26-24(29)31-14-16-8-10-20-17(12-16)13-28(6-2)27-20/h7-13H,5-6,14H2,1-4H3,(H,26,29). The van der Waals surface area contributed by atoms with Gasteiger partial charge in [-0.3, -0.25) is 10.00 Å². The first-order valence-electron chi connectivity index (χ1n) is 10.5. The van der Waals surface area contributed by atoms with Crippen molar-refractivity contribution in [2.75, 3.05) is 12.4 Å². The largest absolute Gasteiger partial charge is 0.496 e. The molecule has 0 bridgehead atoms. The van der Waals surface area contributed by atoms with Crippen LogP contribution in [0.15, 0.2) is 42.6 Å². The summed E-state index contributed by atoms with van der Waals surface area (Å²) in [6, 6.07) is 11.9. The summed E-state index contributed by atoms with van der Waals surface area (Å²) in [4.78, 5) is 17.2. The topological polar surface area (TPSA) is 78.3 Å². The molecular weight excluding hydrogens is 424 g/mol. The number of nitrogens with zero attached hydrogens (tertiary/aromatic N) is 3. The molecule has 0 fully saturated rings. The van der Waals surface area contributed by atoms with E-state index >= 15 is 0 Å². The highest BCUT2D eigenvalue weighted by molar-refractivity contribution is 7.19. The minimum atomic E-state index is -0.505. The third-order valence-corrected chi connectivity index (χ3v) is 6.19. The second kappa shape index (κ2) is 9.40. The van der Waals surface area contributed by atoms with Crippen molar-refractivity contribution in [3.05, 3.63) is 59.4 Å². The van der Waals surface area contributed by atoms with E-state index in [2.05, 4.69) is 10.4 Å². The van der Waals surface area contributed by atoms with Crippen molar-refractivity contribution < 1.29 is 14.3 Å². The van der Waals surface area contributed by atoms with Crippen molar-refractivity contribution >= 4 is 33.3 Å². The number of hydrogen-bond donors (Lipinski definition) is 1. The minimum Gasteiger partial charge on any atom is -0.496 e. The summed E-state index contributed by atoms with van der Waals surface area (Å²) in [6.07, 6.45) is 2.18. The van der Waals surface area contributed by atoms with Crippen LogP contribution in [0, 0.1) is 6.92 Å². The summed E-state index contributed by atoms with van der Waals surface area (Å²) in [7, 11) is 1.65. The van der Waals surface area contributed by atoms with Crippen molar-refractivity contribution in [1.29, 1.82) is 0 Å². The van der Waals surface area contributed by atoms with Crippen molar-refractivity contribution in [2.45, 2.75) is 40.3 Å². The lowest BCUT2D eigenvalue weighted by molar-refractivity contribution is 0.155. The summed E-state index contributed by atoms with van der Waals surface area (Å²) in [6.45, 7) is 7.06. The predicted molar refractivity (Wildman–Crippen MR) is 127 cm³/mol. The monoisotopic (exact) mass is 450 g/mol. The van der Waals surface area contributed by atoms with E-state index in [1.54, 1.807) is 7.11 Å². The van der Waals surface area contributed by atoms with Gasteiger partial charge in [0.2, 0.25) is 0 Å². The maximum Gasteiger partial charge on any atom is 0.412 e. The smallest absolute Gasteiger partial charge is 0.412 e. The van der Waals surface area contributed by atoms with E-state index in [-0.39, 0.29) is 6.61 Å². The van der Waals surface area contributed by atoms with E-state index < -0.39 is 6.09 Å². The molecular formula is C24H26N4O3S. The van der Waals surface area contributed by atoms with Gasteiger partial charge in [-0.15, -0.1) is 0 Å². The molecule has 1 amide bonds. The minimum absolute atomic E-state index is 0.179. The Morgan fingerprint density at radius 2 is 2.03 bits per heavy atom.